The molecule has 1 aliphatic rings. The molecule has 0 saturated carbocycles. The number of nitrogen functional groups attached to an aromatic ring is 1. The first-order valence-electron chi connectivity index (χ1n) is 6.29. The van der Waals surface area contributed by atoms with Crippen molar-refractivity contribution in [3.05, 3.63) is 23.5 Å². The van der Waals surface area contributed by atoms with E-state index in [0.717, 1.165) is 12.8 Å². The van der Waals surface area contributed by atoms with Crippen molar-refractivity contribution >= 4 is 17.6 Å². The summed E-state index contributed by atoms with van der Waals surface area (Å²) in [6.45, 7) is 2.33. The maximum Gasteiger partial charge on any atom is 0.340 e. The smallest absolute Gasteiger partial charge is 0.340 e. The first kappa shape index (κ1) is 13.3. The quantitative estimate of drug-likeness (QED) is 0.769. The fourth-order valence-electron chi connectivity index (χ4n) is 1.97. The molecular weight excluding hydrogens is 246 g/mol. The van der Waals surface area contributed by atoms with Crippen LogP contribution in [0.15, 0.2) is 12.3 Å². The molecule has 1 aromatic rings. The molecule has 1 atom stereocenters. The molecule has 0 aliphatic carbocycles. The summed E-state index contributed by atoms with van der Waals surface area (Å²) in [4.78, 5) is 27.8. The minimum atomic E-state index is -0.726. The summed E-state index contributed by atoms with van der Waals surface area (Å²) in [6, 6.07) is 1.51. The maximum absolute atomic E-state index is 12.0. The van der Waals surface area contributed by atoms with Crippen LogP contribution in [0.3, 0.4) is 0 Å². The molecular formula is C13H17N3O3. The third-order valence-electron chi connectivity index (χ3n) is 3.06. The predicted octanol–water partition coefficient (Wildman–Crippen LogP) is 0.798. The van der Waals surface area contributed by atoms with E-state index in [9.17, 15) is 9.59 Å². The second-order valence-corrected chi connectivity index (χ2v) is 4.58. The molecule has 3 N–H and O–H groups in total. The Bertz CT molecular complexity index is 502. The van der Waals surface area contributed by atoms with Gasteiger partial charge in [-0.15, -0.1) is 0 Å². The highest BCUT2D eigenvalue weighted by Crippen LogP contribution is 2.15. The van der Waals surface area contributed by atoms with Crippen molar-refractivity contribution in [2.45, 2.75) is 32.3 Å². The van der Waals surface area contributed by atoms with Crippen molar-refractivity contribution in [1.82, 2.24) is 10.3 Å². The van der Waals surface area contributed by atoms with Gasteiger partial charge in [-0.05, 0) is 32.3 Å². The molecule has 0 bridgehead atoms. The van der Waals surface area contributed by atoms with Gasteiger partial charge in [0.2, 0.25) is 0 Å². The molecule has 1 unspecified atom stereocenters. The summed E-state index contributed by atoms with van der Waals surface area (Å²) in [5.41, 5.74) is 6.83. The number of hydrogen-bond donors (Lipinski definition) is 2. The standard InChI is InChI=1S/C13H17N3O3/c1-8-10(6-9(14)7-16-8)13(18)19-11-4-2-3-5-15-12(11)17/h6-7,11H,2-5,14H2,1H3,(H,15,17). The van der Waals surface area contributed by atoms with Crippen LogP contribution in [0.5, 0.6) is 0 Å². The Hall–Kier alpha value is -2.11. The molecule has 0 radical (unpaired) electrons. The summed E-state index contributed by atoms with van der Waals surface area (Å²) < 4.78 is 5.26. The van der Waals surface area contributed by atoms with E-state index in [0.29, 0.717) is 29.9 Å². The third-order valence-corrected chi connectivity index (χ3v) is 3.06. The van der Waals surface area contributed by atoms with Crippen LogP contribution in [0.25, 0.3) is 0 Å². The number of anilines is 1. The molecule has 1 amide bonds. The van der Waals surface area contributed by atoms with Crippen molar-refractivity contribution in [2.75, 3.05) is 12.3 Å². The van der Waals surface area contributed by atoms with Crippen molar-refractivity contribution < 1.29 is 14.3 Å². The number of rotatable bonds is 2. The lowest BCUT2D eigenvalue weighted by atomic mass is 10.1. The monoisotopic (exact) mass is 263 g/mol. The molecule has 1 aliphatic heterocycles. The minimum Gasteiger partial charge on any atom is -0.449 e. The van der Waals surface area contributed by atoms with Crippen LogP contribution < -0.4 is 11.1 Å². The minimum absolute atomic E-state index is 0.236. The summed E-state index contributed by atoms with van der Waals surface area (Å²) >= 11 is 0. The maximum atomic E-state index is 12.0. The van der Waals surface area contributed by atoms with E-state index in [2.05, 4.69) is 10.3 Å². The largest absolute Gasteiger partial charge is 0.449 e. The topological polar surface area (TPSA) is 94.3 Å². The van der Waals surface area contributed by atoms with Crippen molar-refractivity contribution in [1.29, 1.82) is 0 Å². The SMILES string of the molecule is Cc1ncc(N)cc1C(=O)OC1CCCCNC1=O. The van der Waals surface area contributed by atoms with Crippen LogP contribution in [0, 0.1) is 6.92 Å². The Morgan fingerprint density at radius 1 is 1.53 bits per heavy atom. The van der Waals surface area contributed by atoms with Crippen LogP contribution in [0.4, 0.5) is 5.69 Å². The zero-order valence-electron chi connectivity index (χ0n) is 10.8. The Morgan fingerprint density at radius 2 is 2.32 bits per heavy atom. The van der Waals surface area contributed by atoms with E-state index in [1.54, 1.807) is 6.92 Å². The number of nitrogens with two attached hydrogens (primary N) is 1. The molecule has 102 valence electrons. The second kappa shape index (κ2) is 5.69. The average Bonchev–Trinajstić information content (AvgIpc) is 2.58. The van der Waals surface area contributed by atoms with Crippen molar-refractivity contribution in [3.8, 4) is 0 Å². The lowest BCUT2D eigenvalue weighted by Gasteiger charge is -2.15. The molecule has 0 aromatic carbocycles. The molecule has 6 nitrogen and oxygen atoms in total. The number of carbonyl (C=O) groups excluding carboxylic acids is 2. The molecule has 0 spiro atoms. The van der Waals surface area contributed by atoms with Crippen molar-refractivity contribution in [2.24, 2.45) is 0 Å². The van der Waals surface area contributed by atoms with Crippen molar-refractivity contribution in [3.63, 3.8) is 0 Å². The zero-order valence-corrected chi connectivity index (χ0v) is 10.8. The lowest BCUT2D eigenvalue weighted by Crippen LogP contribution is -2.36. The zero-order chi connectivity index (χ0) is 13.8. The second-order valence-electron chi connectivity index (χ2n) is 4.58. The number of amides is 1. The number of esters is 1. The number of aryl methyl sites for hydroxylation is 1. The van der Waals surface area contributed by atoms with Crippen LogP contribution in [-0.4, -0.2) is 29.5 Å². The lowest BCUT2D eigenvalue weighted by molar-refractivity contribution is -0.129. The highest BCUT2D eigenvalue weighted by atomic mass is 16.5. The van der Waals surface area contributed by atoms with Crippen LogP contribution in [0.2, 0.25) is 0 Å². The summed E-state index contributed by atoms with van der Waals surface area (Å²) in [7, 11) is 0. The van der Waals surface area contributed by atoms with Gasteiger partial charge in [0.05, 0.1) is 23.1 Å². The van der Waals surface area contributed by atoms with E-state index < -0.39 is 12.1 Å². The normalized spacial score (nSPS) is 19.4. The third kappa shape index (κ3) is 3.21. The molecule has 1 aromatic heterocycles. The molecule has 1 saturated heterocycles. The molecule has 1 fully saturated rings. The van der Waals surface area contributed by atoms with Crippen LogP contribution in [0.1, 0.15) is 35.3 Å². The van der Waals surface area contributed by atoms with Gasteiger partial charge >= 0.3 is 5.97 Å². The Labute approximate surface area is 111 Å². The number of nitrogens with zero attached hydrogens (tertiary/aromatic N) is 1. The Morgan fingerprint density at radius 3 is 3.11 bits per heavy atom. The van der Waals surface area contributed by atoms with Gasteiger partial charge < -0.3 is 15.8 Å². The Balaban J connectivity index is 2.11. The van der Waals surface area contributed by atoms with Gasteiger partial charge in [-0.2, -0.15) is 0 Å². The first-order chi connectivity index (χ1) is 9.08. The van der Waals surface area contributed by atoms with E-state index in [1.807, 2.05) is 0 Å². The number of ether oxygens (including phenoxy) is 1. The summed E-state index contributed by atoms with van der Waals surface area (Å²) in [5.74, 6) is -0.792. The van der Waals surface area contributed by atoms with Gasteiger partial charge in [-0.25, -0.2) is 4.79 Å². The first-order valence-corrected chi connectivity index (χ1v) is 6.29. The van der Waals surface area contributed by atoms with E-state index in [1.165, 1.54) is 12.3 Å². The average molecular weight is 263 g/mol. The van der Waals surface area contributed by atoms with Gasteiger partial charge in [-0.1, -0.05) is 0 Å². The summed E-state index contributed by atoms with van der Waals surface area (Å²) in [6.07, 6.45) is 3.05. The molecule has 2 heterocycles. The number of aromatic nitrogens is 1. The number of pyridine rings is 1. The fraction of sp³-hybridized carbons (Fsp3) is 0.462. The molecule has 19 heavy (non-hydrogen) atoms. The number of carbonyl (C=O) groups is 2. The number of hydrogen-bond acceptors (Lipinski definition) is 5. The van der Waals surface area contributed by atoms with Gasteiger partial charge in [-0.3, -0.25) is 9.78 Å². The molecule has 2 rings (SSSR count). The Kier molecular flexibility index (Phi) is 3.99. The van der Waals surface area contributed by atoms with Crippen LogP contribution >= 0.6 is 0 Å². The van der Waals surface area contributed by atoms with Crippen LogP contribution in [-0.2, 0) is 9.53 Å². The van der Waals surface area contributed by atoms with Gasteiger partial charge in [0.15, 0.2) is 6.10 Å². The highest BCUT2D eigenvalue weighted by Gasteiger charge is 2.25. The fourth-order valence-corrected chi connectivity index (χ4v) is 1.97. The van der Waals surface area contributed by atoms with E-state index in [-0.39, 0.29) is 5.91 Å². The highest BCUT2D eigenvalue weighted by molar-refractivity contribution is 5.93. The van der Waals surface area contributed by atoms with Gasteiger partial charge in [0, 0.05) is 6.54 Å². The van der Waals surface area contributed by atoms with E-state index in [4.69, 9.17) is 10.5 Å². The molecule has 6 heteroatoms. The summed E-state index contributed by atoms with van der Waals surface area (Å²) in [5, 5.41) is 2.72. The number of nitrogens with one attached hydrogen (secondary N) is 1. The van der Waals surface area contributed by atoms with E-state index >= 15 is 0 Å². The van der Waals surface area contributed by atoms with Gasteiger partial charge in [0.1, 0.15) is 0 Å². The predicted molar refractivity (Wildman–Crippen MR) is 69.5 cm³/mol. The van der Waals surface area contributed by atoms with Gasteiger partial charge in [0.25, 0.3) is 5.91 Å².